The van der Waals surface area contributed by atoms with Crippen molar-refractivity contribution in [3.8, 4) is 11.8 Å². The highest BCUT2D eigenvalue weighted by molar-refractivity contribution is 6.03. The molecule has 0 atom stereocenters. The van der Waals surface area contributed by atoms with E-state index in [2.05, 4.69) is 30.6 Å². The molecular weight excluding hydrogens is 392 g/mol. The summed E-state index contributed by atoms with van der Waals surface area (Å²) in [5.41, 5.74) is 1.91. The molecule has 31 heavy (non-hydrogen) atoms. The van der Waals surface area contributed by atoms with Crippen molar-refractivity contribution in [2.75, 3.05) is 17.2 Å². The number of benzene rings is 1. The fraction of sp³-hybridized carbons (Fsp3) is 0.0870. The summed E-state index contributed by atoms with van der Waals surface area (Å²) >= 11 is 0. The maximum atomic E-state index is 12.4. The van der Waals surface area contributed by atoms with Crippen LogP contribution >= 0.6 is 0 Å². The number of hydrogen-bond donors (Lipinski definition) is 2. The number of pyridine rings is 2. The number of para-hydroxylation sites is 1. The monoisotopic (exact) mass is 412 g/mol. The molecule has 3 heterocycles. The molecule has 0 radical (unpaired) electrons. The highest BCUT2D eigenvalue weighted by Crippen LogP contribution is 2.17. The Kier molecular flexibility index (Phi) is 6.39. The van der Waals surface area contributed by atoms with Crippen molar-refractivity contribution in [3.63, 3.8) is 0 Å². The van der Waals surface area contributed by atoms with Crippen molar-refractivity contribution >= 4 is 17.4 Å². The first-order chi connectivity index (χ1) is 15.3. The lowest BCUT2D eigenvalue weighted by Crippen LogP contribution is -2.13. The summed E-state index contributed by atoms with van der Waals surface area (Å²) in [5, 5.41) is 6.01. The van der Waals surface area contributed by atoms with Crippen molar-refractivity contribution in [3.05, 3.63) is 96.7 Å². The van der Waals surface area contributed by atoms with Gasteiger partial charge in [-0.05, 0) is 36.4 Å². The number of nitrogens with one attached hydrogen (secondary N) is 2. The first-order valence-corrected chi connectivity index (χ1v) is 9.72. The van der Waals surface area contributed by atoms with Crippen LogP contribution < -0.4 is 15.4 Å². The second-order valence-electron chi connectivity index (χ2n) is 6.55. The summed E-state index contributed by atoms with van der Waals surface area (Å²) in [4.78, 5) is 29.2. The number of carbonyl (C=O) groups excluding carboxylic acids is 1. The number of amides is 1. The van der Waals surface area contributed by atoms with Crippen LogP contribution in [0.3, 0.4) is 0 Å². The Labute approximate surface area is 179 Å². The average molecular weight is 412 g/mol. The predicted molar refractivity (Wildman–Crippen MR) is 117 cm³/mol. The molecule has 4 rings (SSSR count). The summed E-state index contributed by atoms with van der Waals surface area (Å²) in [6, 6.07) is 18.8. The molecule has 0 fully saturated rings. The van der Waals surface area contributed by atoms with Crippen LogP contribution in [-0.4, -0.2) is 32.4 Å². The van der Waals surface area contributed by atoms with Gasteiger partial charge in [0, 0.05) is 37.3 Å². The standard InChI is InChI=1S/C23H20N6O2/c30-22(17-14-27-23(28-15-17)31-20-7-2-1-3-8-20)29-19-9-10-21(26-16-19)25-13-11-18-6-4-5-12-24-18/h1-10,12,14-16H,11,13H2,(H,25,26)(H,29,30). The number of carbonyl (C=O) groups is 1. The summed E-state index contributed by atoms with van der Waals surface area (Å²) in [5.74, 6) is 1.02. The van der Waals surface area contributed by atoms with Crippen LogP contribution in [0, 0.1) is 0 Å². The van der Waals surface area contributed by atoms with Crippen molar-refractivity contribution in [1.29, 1.82) is 0 Å². The van der Waals surface area contributed by atoms with Gasteiger partial charge in [-0.25, -0.2) is 15.0 Å². The van der Waals surface area contributed by atoms with Gasteiger partial charge >= 0.3 is 6.01 Å². The lowest BCUT2D eigenvalue weighted by Gasteiger charge is -2.08. The maximum absolute atomic E-state index is 12.4. The Hall–Kier alpha value is -4.33. The molecule has 1 amide bonds. The fourth-order valence-electron chi connectivity index (χ4n) is 2.72. The Morgan fingerprint density at radius 2 is 1.65 bits per heavy atom. The smallest absolute Gasteiger partial charge is 0.321 e. The van der Waals surface area contributed by atoms with Gasteiger partial charge in [-0.1, -0.05) is 24.3 Å². The summed E-state index contributed by atoms with van der Waals surface area (Å²) in [6.45, 7) is 0.713. The van der Waals surface area contributed by atoms with E-state index < -0.39 is 0 Å². The Balaban J connectivity index is 1.28. The molecule has 0 unspecified atom stereocenters. The lowest BCUT2D eigenvalue weighted by atomic mass is 10.2. The quantitative estimate of drug-likeness (QED) is 0.451. The van der Waals surface area contributed by atoms with Crippen LogP contribution in [0.2, 0.25) is 0 Å². The van der Waals surface area contributed by atoms with Crippen molar-refractivity contribution in [2.45, 2.75) is 6.42 Å². The van der Waals surface area contributed by atoms with E-state index in [4.69, 9.17) is 4.74 Å². The number of nitrogens with zero attached hydrogens (tertiary/aromatic N) is 4. The molecule has 0 saturated carbocycles. The van der Waals surface area contributed by atoms with Crippen LogP contribution in [0.5, 0.6) is 11.8 Å². The van der Waals surface area contributed by atoms with Gasteiger partial charge in [-0.3, -0.25) is 9.78 Å². The zero-order chi connectivity index (χ0) is 21.3. The van der Waals surface area contributed by atoms with Crippen LogP contribution in [0.15, 0.2) is 85.5 Å². The van der Waals surface area contributed by atoms with Crippen LogP contribution in [-0.2, 0) is 6.42 Å². The Bertz CT molecular complexity index is 1100. The SMILES string of the molecule is O=C(Nc1ccc(NCCc2ccccn2)nc1)c1cnc(Oc2ccccc2)nc1. The molecule has 0 aliphatic rings. The maximum Gasteiger partial charge on any atom is 0.321 e. The van der Waals surface area contributed by atoms with Crippen LogP contribution in [0.25, 0.3) is 0 Å². The first kappa shape index (κ1) is 20.0. The van der Waals surface area contributed by atoms with Crippen molar-refractivity contribution < 1.29 is 9.53 Å². The number of anilines is 2. The van der Waals surface area contributed by atoms with E-state index in [-0.39, 0.29) is 11.9 Å². The van der Waals surface area contributed by atoms with Gasteiger partial charge in [-0.15, -0.1) is 0 Å². The van der Waals surface area contributed by atoms with E-state index in [0.717, 1.165) is 17.9 Å². The Morgan fingerprint density at radius 3 is 2.35 bits per heavy atom. The third kappa shape index (κ3) is 5.83. The molecule has 0 aliphatic carbocycles. The number of rotatable bonds is 8. The molecule has 8 heteroatoms. The molecular formula is C23H20N6O2. The number of hydrogen-bond acceptors (Lipinski definition) is 7. The number of aromatic nitrogens is 4. The summed E-state index contributed by atoms with van der Waals surface area (Å²) < 4.78 is 5.53. The molecule has 2 N–H and O–H groups in total. The average Bonchev–Trinajstić information content (AvgIpc) is 2.82. The van der Waals surface area contributed by atoms with E-state index in [9.17, 15) is 4.79 Å². The van der Waals surface area contributed by atoms with E-state index in [0.29, 0.717) is 23.5 Å². The van der Waals surface area contributed by atoms with Crippen LogP contribution in [0.1, 0.15) is 16.1 Å². The normalized spacial score (nSPS) is 10.3. The van der Waals surface area contributed by atoms with Gasteiger partial charge < -0.3 is 15.4 Å². The van der Waals surface area contributed by atoms with Gasteiger partial charge in [0.25, 0.3) is 5.91 Å². The van der Waals surface area contributed by atoms with E-state index in [1.807, 2.05) is 36.4 Å². The second-order valence-corrected chi connectivity index (χ2v) is 6.55. The molecule has 0 bridgehead atoms. The topological polar surface area (TPSA) is 102 Å². The van der Waals surface area contributed by atoms with E-state index in [1.165, 1.54) is 12.4 Å². The highest BCUT2D eigenvalue weighted by atomic mass is 16.5. The molecule has 0 saturated heterocycles. The van der Waals surface area contributed by atoms with Crippen LogP contribution in [0.4, 0.5) is 11.5 Å². The highest BCUT2D eigenvalue weighted by Gasteiger charge is 2.09. The van der Waals surface area contributed by atoms with Gasteiger partial charge in [-0.2, -0.15) is 0 Å². The van der Waals surface area contributed by atoms with Gasteiger partial charge in [0.05, 0.1) is 17.4 Å². The lowest BCUT2D eigenvalue weighted by molar-refractivity contribution is 0.102. The van der Waals surface area contributed by atoms with E-state index >= 15 is 0 Å². The summed E-state index contributed by atoms with van der Waals surface area (Å²) in [7, 11) is 0. The third-order valence-corrected chi connectivity index (χ3v) is 4.28. The first-order valence-electron chi connectivity index (χ1n) is 9.72. The predicted octanol–water partition coefficient (Wildman–Crippen LogP) is 3.97. The Morgan fingerprint density at radius 1 is 0.839 bits per heavy atom. The zero-order valence-corrected chi connectivity index (χ0v) is 16.6. The van der Waals surface area contributed by atoms with Crippen molar-refractivity contribution in [1.82, 2.24) is 19.9 Å². The molecule has 4 aromatic rings. The van der Waals surface area contributed by atoms with Gasteiger partial charge in [0.1, 0.15) is 11.6 Å². The summed E-state index contributed by atoms with van der Waals surface area (Å²) in [6.07, 6.45) is 7.00. The molecule has 8 nitrogen and oxygen atoms in total. The van der Waals surface area contributed by atoms with E-state index in [1.54, 1.807) is 36.7 Å². The molecule has 0 spiro atoms. The largest absolute Gasteiger partial charge is 0.424 e. The minimum Gasteiger partial charge on any atom is -0.424 e. The number of ether oxygens (including phenoxy) is 1. The minimum absolute atomic E-state index is 0.172. The molecule has 3 aromatic heterocycles. The molecule has 0 aliphatic heterocycles. The zero-order valence-electron chi connectivity index (χ0n) is 16.6. The third-order valence-electron chi connectivity index (χ3n) is 4.28. The molecule has 1 aromatic carbocycles. The van der Waals surface area contributed by atoms with Crippen molar-refractivity contribution in [2.24, 2.45) is 0 Å². The fourth-order valence-corrected chi connectivity index (χ4v) is 2.72. The van der Waals surface area contributed by atoms with Gasteiger partial charge in [0.15, 0.2) is 0 Å². The molecule has 154 valence electrons. The second kappa shape index (κ2) is 9.93. The minimum atomic E-state index is -0.330. The van der Waals surface area contributed by atoms with Gasteiger partial charge in [0.2, 0.25) is 0 Å².